The summed E-state index contributed by atoms with van der Waals surface area (Å²) in [6, 6.07) is 9.42. The maximum absolute atomic E-state index is 12.6. The Hall–Kier alpha value is -1.19. The molecule has 1 aliphatic heterocycles. The largest absolute Gasteiger partial charge is 0.469 e. The molecule has 136 valence electrons. The molecule has 1 aromatic carbocycles. The number of halogens is 1. The second-order valence-corrected chi connectivity index (χ2v) is 7.69. The van der Waals surface area contributed by atoms with Crippen molar-refractivity contribution >= 4 is 28.6 Å². The Morgan fingerprint density at radius 2 is 1.96 bits per heavy atom. The highest BCUT2D eigenvalue weighted by atomic mass is 35.5. The normalized spacial score (nSPS) is 21.5. The zero-order valence-corrected chi connectivity index (χ0v) is 15.4. The van der Waals surface area contributed by atoms with Crippen LogP contribution < -0.4 is 5.73 Å². The molecule has 2 atom stereocenters. The maximum atomic E-state index is 12.6. The summed E-state index contributed by atoms with van der Waals surface area (Å²) in [5.74, 6) is -0.465. The molecule has 1 aromatic rings. The van der Waals surface area contributed by atoms with Crippen LogP contribution in [-0.2, 0) is 19.7 Å². The van der Waals surface area contributed by atoms with E-state index in [2.05, 4.69) is 4.74 Å². The van der Waals surface area contributed by atoms with Crippen LogP contribution >= 0.6 is 12.4 Å². The van der Waals surface area contributed by atoms with Gasteiger partial charge in [0.15, 0.2) is 0 Å². The first-order valence-electron chi connectivity index (χ1n) is 7.45. The van der Waals surface area contributed by atoms with E-state index in [9.17, 15) is 13.2 Å². The summed E-state index contributed by atoms with van der Waals surface area (Å²) in [6.07, 6.45) is 0.0221. The molecule has 9 heteroatoms. The minimum atomic E-state index is -3.64. The number of nitrogens with zero attached hydrogens (tertiary/aromatic N) is 2. The fraction of sp³-hybridized carbons (Fsp3) is 0.533. The smallest absolute Gasteiger partial charge is 0.306 e. The molecule has 7 nitrogen and oxygen atoms in total. The average molecular weight is 378 g/mol. The molecule has 0 bridgehead atoms. The van der Waals surface area contributed by atoms with E-state index in [0.717, 1.165) is 5.56 Å². The van der Waals surface area contributed by atoms with Crippen LogP contribution in [0.3, 0.4) is 0 Å². The third-order valence-electron chi connectivity index (χ3n) is 4.14. The first kappa shape index (κ1) is 20.9. The van der Waals surface area contributed by atoms with Crippen LogP contribution in [0.5, 0.6) is 0 Å². The highest BCUT2D eigenvalue weighted by Crippen LogP contribution is 2.28. The Kier molecular flexibility index (Phi) is 7.62. The number of nitrogens with two attached hydrogens (primary N) is 1. The van der Waals surface area contributed by atoms with Crippen LogP contribution in [0.4, 0.5) is 0 Å². The highest BCUT2D eigenvalue weighted by Gasteiger charge is 2.39. The van der Waals surface area contributed by atoms with Gasteiger partial charge in [0.05, 0.1) is 13.5 Å². The minimum Gasteiger partial charge on any atom is -0.469 e. The molecule has 0 spiro atoms. The molecular weight excluding hydrogens is 354 g/mol. The van der Waals surface area contributed by atoms with Crippen LogP contribution in [0.25, 0.3) is 0 Å². The van der Waals surface area contributed by atoms with Crippen LogP contribution in [0.1, 0.15) is 17.9 Å². The lowest BCUT2D eigenvalue weighted by Crippen LogP contribution is -2.42. The molecule has 2 N–H and O–H groups in total. The average Bonchev–Trinajstić information content (AvgIpc) is 2.95. The molecule has 1 saturated heterocycles. The monoisotopic (exact) mass is 377 g/mol. The van der Waals surface area contributed by atoms with Gasteiger partial charge in [-0.3, -0.25) is 4.79 Å². The van der Waals surface area contributed by atoms with Gasteiger partial charge in [-0.05, 0) is 5.56 Å². The molecule has 0 radical (unpaired) electrons. The van der Waals surface area contributed by atoms with E-state index in [1.54, 1.807) is 0 Å². The summed E-state index contributed by atoms with van der Waals surface area (Å²) in [5.41, 5.74) is 7.18. The van der Waals surface area contributed by atoms with Crippen molar-refractivity contribution < 1.29 is 17.9 Å². The Labute approximate surface area is 149 Å². The number of hydrogen-bond donors (Lipinski definition) is 1. The Balaban J connectivity index is 0.00000288. The van der Waals surface area contributed by atoms with E-state index in [0.29, 0.717) is 6.54 Å². The van der Waals surface area contributed by atoms with E-state index in [-0.39, 0.29) is 43.9 Å². The lowest BCUT2D eigenvalue weighted by Gasteiger charge is -2.23. The molecule has 1 aliphatic rings. The fourth-order valence-electron chi connectivity index (χ4n) is 2.70. The van der Waals surface area contributed by atoms with E-state index < -0.39 is 16.2 Å². The van der Waals surface area contributed by atoms with Crippen molar-refractivity contribution in [3.8, 4) is 0 Å². The highest BCUT2D eigenvalue weighted by molar-refractivity contribution is 7.86. The van der Waals surface area contributed by atoms with Gasteiger partial charge < -0.3 is 10.5 Å². The van der Waals surface area contributed by atoms with Crippen molar-refractivity contribution in [2.75, 3.05) is 33.8 Å². The van der Waals surface area contributed by atoms with Gasteiger partial charge >= 0.3 is 5.97 Å². The van der Waals surface area contributed by atoms with E-state index in [1.807, 2.05) is 30.3 Å². The summed E-state index contributed by atoms with van der Waals surface area (Å²) in [6.45, 7) is 0.692. The Morgan fingerprint density at radius 1 is 1.33 bits per heavy atom. The minimum absolute atomic E-state index is 0. The van der Waals surface area contributed by atoms with Gasteiger partial charge in [0.1, 0.15) is 0 Å². The van der Waals surface area contributed by atoms with E-state index in [1.165, 1.54) is 22.8 Å². The van der Waals surface area contributed by atoms with Crippen molar-refractivity contribution in [1.29, 1.82) is 0 Å². The molecule has 0 saturated carbocycles. The number of carbonyl (C=O) groups excluding carboxylic acids is 1. The lowest BCUT2D eigenvalue weighted by molar-refractivity contribution is -0.140. The molecule has 0 aromatic heterocycles. The number of hydrogen-bond acceptors (Lipinski definition) is 5. The second-order valence-electron chi connectivity index (χ2n) is 5.65. The number of carbonyl (C=O) groups is 1. The van der Waals surface area contributed by atoms with Crippen LogP contribution in [0, 0.1) is 0 Å². The molecule has 1 heterocycles. The van der Waals surface area contributed by atoms with Gasteiger partial charge in [-0.1, -0.05) is 30.3 Å². The number of benzene rings is 1. The quantitative estimate of drug-likeness (QED) is 0.732. The van der Waals surface area contributed by atoms with Crippen molar-refractivity contribution in [3.63, 3.8) is 0 Å². The van der Waals surface area contributed by atoms with Crippen LogP contribution in [-0.4, -0.2) is 62.8 Å². The standard InChI is InChI=1S/C15H23N3O4S.ClH/c1-17(9-8-15(19)22-2)23(20,21)18-10-13(14(16)11-18)12-6-4-3-5-7-12;/h3-7,13-14H,8-11,16H2,1-2H3;1H/t13-,14+;/m0./s1. The van der Waals surface area contributed by atoms with E-state index >= 15 is 0 Å². The first-order chi connectivity index (χ1) is 10.9. The summed E-state index contributed by atoms with van der Waals surface area (Å²) in [7, 11) is -0.901. The van der Waals surface area contributed by atoms with E-state index in [4.69, 9.17) is 5.73 Å². The number of methoxy groups -OCH3 is 1. The predicted octanol–water partition coefficient (Wildman–Crippen LogP) is 0.575. The third kappa shape index (κ3) is 4.67. The molecule has 2 rings (SSSR count). The van der Waals surface area contributed by atoms with Gasteiger partial charge in [0.2, 0.25) is 0 Å². The molecule has 0 amide bonds. The molecule has 1 fully saturated rings. The zero-order valence-electron chi connectivity index (χ0n) is 13.8. The number of ether oxygens (including phenoxy) is 1. The van der Waals surface area contributed by atoms with Crippen molar-refractivity contribution in [2.45, 2.75) is 18.4 Å². The van der Waals surface area contributed by atoms with Crippen LogP contribution in [0.15, 0.2) is 30.3 Å². The first-order valence-corrected chi connectivity index (χ1v) is 8.84. The van der Waals surface area contributed by atoms with Crippen molar-refractivity contribution in [2.24, 2.45) is 5.73 Å². The second kappa shape index (κ2) is 8.77. The van der Waals surface area contributed by atoms with Gasteiger partial charge in [-0.15, -0.1) is 12.4 Å². The van der Waals surface area contributed by atoms with Crippen molar-refractivity contribution in [3.05, 3.63) is 35.9 Å². The number of rotatable bonds is 6. The topological polar surface area (TPSA) is 92.9 Å². The van der Waals surface area contributed by atoms with Gasteiger partial charge in [-0.2, -0.15) is 17.0 Å². The lowest BCUT2D eigenvalue weighted by atomic mass is 9.95. The van der Waals surface area contributed by atoms with Crippen LogP contribution in [0.2, 0.25) is 0 Å². The Bertz CT molecular complexity index is 641. The molecule has 0 unspecified atom stereocenters. The Morgan fingerprint density at radius 3 is 2.54 bits per heavy atom. The van der Waals surface area contributed by atoms with Gasteiger partial charge in [-0.25, -0.2) is 0 Å². The third-order valence-corrected chi connectivity index (χ3v) is 6.06. The van der Waals surface area contributed by atoms with Gasteiger partial charge in [0.25, 0.3) is 10.2 Å². The van der Waals surface area contributed by atoms with Gasteiger partial charge in [0, 0.05) is 38.6 Å². The molecular formula is C15H24ClN3O4S. The summed E-state index contributed by atoms with van der Waals surface area (Å²) in [5, 5.41) is 0. The molecule has 24 heavy (non-hydrogen) atoms. The summed E-state index contributed by atoms with van der Waals surface area (Å²) < 4.78 is 32.3. The molecule has 0 aliphatic carbocycles. The maximum Gasteiger partial charge on any atom is 0.306 e. The summed E-state index contributed by atoms with van der Waals surface area (Å²) in [4.78, 5) is 11.2. The van der Waals surface area contributed by atoms with Crippen molar-refractivity contribution in [1.82, 2.24) is 8.61 Å². The fourth-order valence-corrected chi connectivity index (χ4v) is 4.12. The number of esters is 1. The predicted molar refractivity (Wildman–Crippen MR) is 94.2 cm³/mol. The SMILES string of the molecule is COC(=O)CCN(C)S(=O)(=O)N1C[C@@H](N)[C@H](c2ccccc2)C1.Cl. The summed E-state index contributed by atoms with van der Waals surface area (Å²) >= 11 is 0. The zero-order chi connectivity index (χ0) is 17.0.